The van der Waals surface area contributed by atoms with Gasteiger partial charge in [0.2, 0.25) is 0 Å². The fourth-order valence-corrected chi connectivity index (χ4v) is 3.43. The van der Waals surface area contributed by atoms with Crippen molar-refractivity contribution in [3.8, 4) is 0 Å². The van der Waals surface area contributed by atoms with Crippen molar-refractivity contribution in [2.24, 2.45) is 0 Å². The molecule has 0 aliphatic heterocycles. The summed E-state index contributed by atoms with van der Waals surface area (Å²) in [6.45, 7) is 1.79. The zero-order valence-corrected chi connectivity index (χ0v) is 16.4. The zero-order chi connectivity index (χ0) is 19.1. The van der Waals surface area contributed by atoms with Crippen molar-refractivity contribution in [2.45, 2.75) is 6.42 Å². The number of carbonyl (C=O) groups is 1. The number of pyridine rings is 1. The van der Waals surface area contributed by atoms with Gasteiger partial charge in [-0.25, -0.2) is 4.98 Å². The van der Waals surface area contributed by atoms with Crippen molar-refractivity contribution in [3.05, 3.63) is 71.1 Å². The first-order valence-corrected chi connectivity index (χ1v) is 9.80. The molecule has 0 bridgehead atoms. The second-order valence-electron chi connectivity index (χ2n) is 6.45. The standard InChI is InChI=1S/C21H24N4OS/c1-24(2)14-8-15-25(17-9-4-3-5-10-17)20-18(11-6-13-22-20)23-21(26)19-12-7-16-27-19/h3-7,9-13,16H,8,14-15H2,1-2H3,(H,23,26). The Bertz CT molecular complexity index is 850. The van der Waals surface area contributed by atoms with E-state index >= 15 is 0 Å². The molecule has 0 aliphatic rings. The van der Waals surface area contributed by atoms with Crippen LogP contribution in [0.15, 0.2) is 66.2 Å². The molecule has 140 valence electrons. The maximum atomic E-state index is 12.5. The molecule has 0 aliphatic carbocycles. The molecule has 1 amide bonds. The first-order valence-electron chi connectivity index (χ1n) is 8.92. The Kier molecular flexibility index (Phi) is 6.57. The largest absolute Gasteiger partial charge is 0.325 e. The van der Waals surface area contributed by atoms with Gasteiger partial charge in [-0.15, -0.1) is 11.3 Å². The Labute approximate surface area is 164 Å². The van der Waals surface area contributed by atoms with E-state index in [1.165, 1.54) is 11.3 Å². The van der Waals surface area contributed by atoms with Crippen LogP contribution in [0.25, 0.3) is 0 Å². The topological polar surface area (TPSA) is 48.5 Å². The van der Waals surface area contributed by atoms with Gasteiger partial charge in [0.25, 0.3) is 5.91 Å². The second-order valence-corrected chi connectivity index (χ2v) is 7.40. The van der Waals surface area contributed by atoms with E-state index in [4.69, 9.17) is 0 Å². The lowest BCUT2D eigenvalue weighted by Crippen LogP contribution is -2.25. The van der Waals surface area contributed by atoms with E-state index in [2.05, 4.69) is 46.3 Å². The van der Waals surface area contributed by atoms with Gasteiger partial charge in [0, 0.05) is 18.4 Å². The van der Waals surface area contributed by atoms with Gasteiger partial charge in [0.15, 0.2) is 5.82 Å². The third kappa shape index (κ3) is 5.15. The molecule has 0 saturated carbocycles. The number of hydrogen-bond acceptors (Lipinski definition) is 5. The first kappa shape index (κ1) is 19.1. The van der Waals surface area contributed by atoms with E-state index in [1.54, 1.807) is 6.20 Å². The quantitative estimate of drug-likeness (QED) is 0.626. The molecule has 0 spiro atoms. The van der Waals surface area contributed by atoms with Gasteiger partial charge in [0.05, 0.1) is 10.6 Å². The molecular weight excluding hydrogens is 356 g/mol. The van der Waals surface area contributed by atoms with Crippen molar-refractivity contribution in [2.75, 3.05) is 37.4 Å². The maximum Gasteiger partial charge on any atom is 0.265 e. The summed E-state index contributed by atoms with van der Waals surface area (Å²) in [5.41, 5.74) is 1.77. The summed E-state index contributed by atoms with van der Waals surface area (Å²) >= 11 is 1.43. The zero-order valence-electron chi connectivity index (χ0n) is 15.6. The van der Waals surface area contributed by atoms with Gasteiger partial charge in [-0.3, -0.25) is 4.79 Å². The van der Waals surface area contributed by atoms with Crippen LogP contribution >= 0.6 is 11.3 Å². The van der Waals surface area contributed by atoms with E-state index < -0.39 is 0 Å². The molecule has 3 rings (SSSR count). The predicted octanol–water partition coefficient (Wildman–Crippen LogP) is 4.49. The lowest BCUT2D eigenvalue weighted by atomic mass is 10.2. The van der Waals surface area contributed by atoms with Crippen LogP contribution in [0.2, 0.25) is 0 Å². The molecule has 3 aromatic rings. The highest BCUT2D eigenvalue weighted by Crippen LogP contribution is 2.30. The van der Waals surface area contributed by atoms with Crippen molar-refractivity contribution in [1.82, 2.24) is 9.88 Å². The van der Waals surface area contributed by atoms with Crippen LogP contribution in [0.4, 0.5) is 17.2 Å². The van der Waals surface area contributed by atoms with Crippen molar-refractivity contribution >= 4 is 34.4 Å². The van der Waals surface area contributed by atoms with Gasteiger partial charge in [-0.05, 0) is 62.8 Å². The van der Waals surface area contributed by atoms with Crippen LogP contribution in [-0.2, 0) is 0 Å². The van der Waals surface area contributed by atoms with Gasteiger partial charge >= 0.3 is 0 Å². The summed E-state index contributed by atoms with van der Waals surface area (Å²) in [4.78, 5) is 22.1. The molecule has 0 saturated heterocycles. The number of para-hydroxylation sites is 1. The molecule has 0 radical (unpaired) electrons. The Morgan fingerprint density at radius 3 is 2.56 bits per heavy atom. The van der Waals surface area contributed by atoms with Crippen LogP contribution in [0, 0.1) is 0 Å². The Hall–Kier alpha value is -2.70. The number of amides is 1. The highest BCUT2D eigenvalue weighted by atomic mass is 32.1. The molecule has 1 N–H and O–H groups in total. The highest BCUT2D eigenvalue weighted by Gasteiger charge is 2.17. The summed E-state index contributed by atoms with van der Waals surface area (Å²) in [5.74, 6) is 0.646. The van der Waals surface area contributed by atoms with Crippen molar-refractivity contribution in [3.63, 3.8) is 0 Å². The number of hydrogen-bond donors (Lipinski definition) is 1. The second kappa shape index (κ2) is 9.30. The molecular formula is C21H24N4OS. The van der Waals surface area contributed by atoms with Crippen LogP contribution in [0.3, 0.4) is 0 Å². The van der Waals surface area contributed by atoms with Crippen LogP contribution in [0.5, 0.6) is 0 Å². The summed E-state index contributed by atoms with van der Waals surface area (Å²) < 4.78 is 0. The SMILES string of the molecule is CN(C)CCCN(c1ccccc1)c1ncccc1NC(=O)c1cccs1. The van der Waals surface area contributed by atoms with Crippen molar-refractivity contribution in [1.29, 1.82) is 0 Å². The molecule has 0 unspecified atom stereocenters. The third-order valence-electron chi connectivity index (χ3n) is 4.09. The number of anilines is 3. The molecule has 0 atom stereocenters. The van der Waals surface area contributed by atoms with Crippen LogP contribution in [-0.4, -0.2) is 43.0 Å². The average molecular weight is 381 g/mol. The third-order valence-corrected chi connectivity index (χ3v) is 4.96. The minimum Gasteiger partial charge on any atom is -0.325 e. The van der Waals surface area contributed by atoms with Gasteiger partial charge in [-0.1, -0.05) is 24.3 Å². The fourth-order valence-electron chi connectivity index (χ4n) is 2.81. The van der Waals surface area contributed by atoms with E-state index in [1.807, 2.05) is 47.8 Å². The van der Waals surface area contributed by atoms with E-state index in [-0.39, 0.29) is 5.91 Å². The fraction of sp³-hybridized carbons (Fsp3) is 0.238. The molecule has 2 heterocycles. The van der Waals surface area contributed by atoms with E-state index in [9.17, 15) is 4.79 Å². The van der Waals surface area contributed by atoms with Gasteiger partial charge < -0.3 is 15.1 Å². The van der Waals surface area contributed by atoms with E-state index in [0.29, 0.717) is 10.6 Å². The number of aromatic nitrogens is 1. The molecule has 2 aromatic heterocycles. The lowest BCUT2D eigenvalue weighted by molar-refractivity contribution is 0.103. The minimum atomic E-state index is -0.111. The Morgan fingerprint density at radius 1 is 1.04 bits per heavy atom. The van der Waals surface area contributed by atoms with Crippen molar-refractivity contribution < 1.29 is 4.79 Å². The summed E-state index contributed by atoms with van der Waals surface area (Å²) in [6.07, 6.45) is 2.74. The monoisotopic (exact) mass is 380 g/mol. The lowest BCUT2D eigenvalue weighted by Gasteiger charge is -2.26. The summed E-state index contributed by atoms with van der Waals surface area (Å²) in [6, 6.07) is 17.6. The maximum absolute atomic E-state index is 12.5. The van der Waals surface area contributed by atoms with E-state index in [0.717, 1.165) is 31.0 Å². The molecule has 27 heavy (non-hydrogen) atoms. The number of nitrogens with one attached hydrogen (secondary N) is 1. The Morgan fingerprint density at radius 2 is 1.85 bits per heavy atom. The summed E-state index contributed by atoms with van der Waals surface area (Å²) in [7, 11) is 4.14. The number of nitrogens with zero attached hydrogens (tertiary/aromatic N) is 3. The van der Waals surface area contributed by atoms with Crippen LogP contribution < -0.4 is 10.2 Å². The average Bonchev–Trinajstić information content (AvgIpc) is 3.21. The summed E-state index contributed by atoms with van der Waals surface area (Å²) in [5, 5.41) is 4.92. The normalized spacial score (nSPS) is 10.8. The molecule has 6 heteroatoms. The molecule has 1 aromatic carbocycles. The molecule has 5 nitrogen and oxygen atoms in total. The minimum absolute atomic E-state index is 0.111. The highest BCUT2D eigenvalue weighted by molar-refractivity contribution is 7.12. The smallest absolute Gasteiger partial charge is 0.265 e. The van der Waals surface area contributed by atoms with Crippen LogP contribution in [0.1, 0.15) is 16.1 Å². The molecule has 0 fully saturated rings. The van der Waals surface area contributed by atoms with Gasteiger partial charge in [-0.2, -0.15) is 0 Å². The number of thiophene rings is 1. The Balaban J connectivity index is 1.88. The van der Waals surface area contributed by atoms with Gasteiger partial charge in [0.1, 0.15) is 0 Å². The number of rotatable bonds is 8. The predicted molar refractivity (Wildman–Crippen MR) is 113 cm³/mol. The number of carbonyl (C=O) groups excluding carboxylic acids is 1. The first-order chi connectivity index (χ1) is 13.1. The number of benzene rings is 1.